The predicted molar refractivity (Wildman–Crippen MR) is 319 cm³/mol. The Balaban J connectivity index is 3.43. The van der Waals surface area contributed by atoms with E-state index < -0.39 is 12.1 Å². The predicted octanol–water partition coefficient (Wildman–Crippen LogP) is 20.3. The van der Waals surface area contributed by atoms with Crippen molar-refractivity contribution in [3.8, 4) is 0 Å². The summed E-state index contributed by atoms with van der Waals surface area (Å²) in [5.74, 6) is -0.0710. The van der Waals surface area contributed by atoms with Gasteiger partial charge in [-0.1, -0.05) is 280 Å². The monoisotopic (exact) mass is 1020 g/mol. The lowest BCUT2D eigenvalue weighted by molar-refractivity contribution is -0.143. The number of hydrogen-bond donors (Lipinski definition) is 3. The molecule has 0 bridgehead atoms. The smallest absolute Gasteiger partial charge is 0.305 e. The van der Waals surface area contributed by atoms with Crippen molar-refractivity contribution in [1.29, 1.82) is 0 Å². The van der Waals surface area contributed by atoms with Crippen LogP contribution >= 0.6 is 0 Å². The molecular formula is C67H123NO5. The number of allylic oxidation sites excluding steroid dienone is 9. The lowest BCUT2D eigenvalue weighted by atomic mass is 10.0. The topological polar surface area (TPSA) is 95.9 Å². The van der Waals surface area contributed by atoms with Crippen LogP contribution in [0.3, 0.4) is 0 Å². The van der Waals surface area contributed by atoms with Crippen LogP contribution in [0.1, 0.15) is 328 Å². The maximum absolute atomic E-state index is 12.4. The summed E-state index contributed by atoms with van der Waals surface area (Å²) in [4.78, 5) is 24.5. The molecule has 0 spiro atoms. The summed E-state index contributed by atoms with van der Waals surface area (Å²) in [6.45, 7) is 4.87. The quantitative estimate of drug-likeness (QED) is 0.0320. The van der Waals surface area contributed by atoms with Gasteiger partial charge in [0.05, 0.1) is 25.4 Å². The van der Waals surface area contributed by atoms with Gasteiger partial charge in [-0.3, -0.25) is 9.59 Å². The maximum Gasteiger partial charge on any atom is 0.305 e. The maximum atomic E-state index is 12.4. The van der Waals surface area contributed by atoms with Crippen molar-refractivity contribution in [2.24, 2.45) is 0 Å². The summed E-state index contributed by atoms with van der Waals surface area (Å²) in [5.41, 5.74) is 0. The lowest BCUT2D eigenvalue weighted by Crippen LogP contribution is -2.45. The summed E-state index contributed by atoms with van der Waals surface area (Å²) in [6.07, 6.45) is 81.3. The fourth-order valence-electron chi connectivity index (χ4n) is 9.58. The molecule has 6 heteroatoms. The molecule has 0 aliphatic carbocycles. The Labute approximate surface area is 454 Å². The van der Waals surface area contributed by atoms with E-state index in [-0.39, 0.29) is 18.5 Å². The van der Waals surface area contributed by atoms with Crippen LogP contribution in [0.2, 0.25) is 0 Å². The summed E-state index contributed by atoms with van der Waals surface area (Å²) in [6, 6.07) is -0.633. The average Bonchev–Trinajstić information content (AvgIpc) is 3.39. The molecule has 0 aliphatic heterocycles. The molecule has 1 amide bonds. The highest BCUT2D eigenvalue weighted by Crippen LogP contribution is 2.16. The summed E-state index contributed by atoms with van der Waals surface area (Å²) in [5, 5.41) is 23.1. The van der Waals surface area contributed by atoms with Crippen molar-refractivity contribution in [1.82, 2.24) is 5.32 Å². The second-order valence-corrected chi connectivity index (χ2v) is 21.7. The first-order valence-electron chi connectivity index (χ1n) is 32.1. The number of rotatable bonds is 59. The highest BCUT2D eigenvalue weighted by Gasteiger charge is 2.18. The normalized spacial score (nSPS) is 13.0. The number of aliphatic hydroxyl groups is 2. The van der Waals surface area contributed by atoms with E-state index >= 15 is 0 Å². The summed E-state index contributed by atoms with van der Waals surface area (Å²) in [7, 11) is 0. The third-order valence-corrected chi connectivity index (χ3v) is 14.5. The third-order valence-electron chi connectivity index (χ3n) is 14.5. The van der Waals surface area contributed by atoms with Gasteiger partial charge in [0.1, 0.15) is 0 Å². The van der Waals surface area contributed by atoms with Crippen molar-refractivity contribution >= 4 is 11.9 Å². The SMILES string of the molecule is CCCCC/C=C\C/C=C\CCCCCCCCCCCC(=O)OCCCCCCCCCCC/C=C\C/C=C\CCCCCCCCCCCC(=O)NC(CO)C(O)/C=C/CCCCCCCCCCCC. The molecule has 6 nitrogen and oxygen atoms in total. The standard InChI is InChI=1S/C67H123NO5/c1-3-5-7-9-11-13-15-17-18-19-27-31-34-37-41-45-49-53-57-61-67(72)73-62-58-54-50-46-42-38-35-32-29-26-24-22-20-21-23-25-28-30-33-36-40-44-48-52-56-60-66(71)68-64(63-69)65(70)59-55-51-47-43-39-16-14-12-10-8-6-4-2/h11,13,17-18,21-24,55,59,64-65,69-70H,3-10,12,14-16,19-20,25-54,56-58,60-63H2,1-2H3,(H,68,71)/b13-11-,18-17-,23-21-,24-22-,59-55+. The van der Waals surface area contributed by atoms with Crippen molar-refractivity contribution in [3.05, 3.63) is 60.8 Å². The minimum Gasteiger partial charge on any atom is -0.466 e. The molecule has 426 valence electrons. The van der Waals surface area contributed by atoms with Gasteiger partial charge in [-0.05, 0) is 96.3 Å². The number of unbranched alkanes of at least 4 members (excludes halogenated alkanes) is 40. The van der Waals surface area contributed by atoms with E-state index in [1.165, 1.54) is 244 Å². The number of esters is 1. The van der Waals surface area contributed by atoms with Gasteiger partial charge in [0.25, 0.3) is 0 Å². The Hall–Kier alpha value is -2.44. The fourth-order valence-corrected chi connectivity index (χ4v) is 9.58. The Morgan fingerprint density at radius 1 is 0.384 bits per heavy atom. The third kappa shape index (κ3) is 58.7. The molecule has 0 saturated carbocycles. The molecule has 0 aliphatic rings. The first kappa shape index (κ1) is 70.6. The molecule has 0 rings (SSSR count). The van der Waals surface area contributed by atoms with Crippen molar-refractivity contribution < 1.29 is 24.5 Å². The van der Waals surface area contributed by atoms with Crippen molar-refractivity contribution in [2.45, 2.75) is 341 Å². The minimum atomic E-state index is -0.848. The fraction of sp³-hybridized carbons (Fsp3) is 0.821. The minimum absolute atomic E-state index is 0.00425. The first-order valence-corrected chi connectivity index (χ1v) is 32.1. The first-order chi connectivity index (χ1) is 36.0. The highest BCUT2D eigenvalue weighted by molar-refractivity contribution is 5.76. The van der Waals surface area contributed by atoms with Crippen molar-refractivity contribution in [2.75, 3.05) is 13.2 Å². The molecule has 0 radical (unpaired) electrons. The molecule has 73 heavy (non-hydrogen) atoms. The average molecular weight is 1020 g/mol. The van der Waals surface area contributed by atoms with Crippen LogP contribution < -0.4 is 5.32 Å². The molecule has 2 atom stereocenters. The zero-order chi connectivity index (χ0) is 52.9. The second kappa shape index (κ2) is 62.1. The number of nitrogens with one attached hydrogen (secondary N) is 1. The molecule has 0 aromatic rings. The number of ether oxygens (including phenoxy) is 1. The molecule has 0 aromatic carbocycles. The van der Waals surface area contributed by atoms with E-state index in [0.29, 0.717) is 19.4 Å². The zero-order valence-corrected chi connectivity index (χ0v) is 48.6. The van der Waals surface area contributed by atoms with Crippen molar-refractivity contribution in [3.63, 3.8) is 0 Å². The van der Waals surface area contributed by atoms with E-state index in [1.807, 2.05) is 6.08 Å². The van der Waals surface area contributed by atoms with E-state index in [2.05, 4.69) is 67.8 Å². The van der Waals surface area contributed by atoms with E-state index in [9.17, 15) is 19.8 Å². The van der Waals surface area contributed by atoms with Gasteiger partial charge < -0.3 is 20.3 Å². The van der Waals surface area contributed by atoms with Gasteiger partial charge in [0, 0.05) is 12.8 Å². The molecule has 2 unspecified atom stereocenters. The summed E-state index contributed by atoms with van der Waals surface area (Å²) < 4.78 is 5.49. The van der Waals surface area contributed by atoms with E-state index in [0.717, 1.165) is 57.8 Å². The summed E-state index contributed by atoms with van der Waals surface area (Å²) >= 11 is 0. The molecule has 0 fully saturated rings. The van der Waals surface area contributed by atoms with Gasteiger partial charge in [-0.15, -0.1) is 0 Å². The van der Waals surface area contributed by atoms with Crippen LogP contribution in [0, 0.1) is 0 Å². The number of hydrogen-bond acceptors (Lipinski definition) is 5. The molecule has 3 N–H and O–H groups in total. The Bertz CT molecular complexity index is 1270. The Kier molecular flexibility index (Phi) is 60.0. The molecule has 0 aromatic heterocycles. The second-order valence-electron chi connectivity index (χ2n) is 21.7. The number of aliphatic hydroxyl groups excluding tert-OH is 2. The molecular weight excluding hydrogens is 899 g/mol. The Morgan fingerprint density at radius 3 is 1.07 bits per heavy atom. The zero-order valence-electron chi connectivity index (χ0n) is 48.6. The van der Waals surface area contributed by atoms with Gasteiger partial charge in [0.2, 0.25) is 5.91 Å². The van der Waals surface area contributed by atoms with Crippen LogP contribution in [-0.4, -0.2) is 47.4 Å². The van der Waals surface area contributed by atoms with E-state index in [1.54, 1.807) is 6.08 Å². The van der Waals surface area contributed by atoms with Crippen LogP contribution in [0.25, 0.3) is 0 Å². The van der Waals surface area contributed by atoms with Crippen LogP contribution in [0.5, 0.6) is 0 Å². The van der Waals surface area contributed by atoms with Gasteiger partial charge in [0.15, 0.2) is 0 Å². The molecule has 0 heterocycles. The van der Waals surface area contributed by atoms with Gasteiger partial charge in [-0.25, -0.2) is 0 Å². The van der Waals surface area contributed by atoms with Crippen LogP contribution in [0.4, 0.5) is 0 Å². The Morgan fingerprint density at radius 2 is 0.685 bits per heavy atom. The number of carbonyl (C=O) groups excluding carboxylic acids is 2. The van der Waals surface area contributed by atoms with Crippen LogP contribution in [0.15, 0.2) is 60.8 Å². The lowest BCUT2D eigenvalue weighted by Gasteiger charge is -2.20. The highest BCUT2D eigenvalue weighted by atomic mass is 16.5. The van der Waals surface area contributed by atoms with Gasteiger partial charge >= 0.3 is 5.97 Å². The van der Waals surface area contributed by atoms with Crippen LogP contribution in [-0.2, 0) is 14.3 Å². The van der Waals surface area contributed by atoms with Gasteiger partial charge in [-0.2, -0.15) is 0 Å². The number of carbonyl (C=O) groups is 2. The number of amides is 1. The van der Waals surface area contributed by atoms with E-state index in [4.69, 9.17) is 4.74 Å². The molecule has 0 saturated heterocycles. The largest absolute Gasteiger partial charge is 0.466 e.